The van der Waals surface area contributed by atoms with Gasteiger partial charge in [0.1, 0.15) is 11.5 Å². The van der Waals surface area contributed by atoms with Crippen molar-refractivity contribution >= 4 is 9.76 Å². The molecule has 2 radical (unpaired) electrons. The Hall–Kier alpha value is -2.26. The zero-order valence-electron chi connectivity index (χ0n) is 25.2. The summed E-state index contributed by atoms with van der Waals surface area (Å²) in [6.45, 7) is 11.9. The predicted octanol–water partition coefficient (Wildman–Crippen LogP) is 7.85. The second kappa shape index (κ2) is 13.9. The third-order valence-corrected chi connectivity index (χ3v) is 8.40. The molecule has 0 bridgehead atoms. The molecular formula is C34H48O4Si. The van der Waals surface area contributed by atoms with Crippen molar-refractivity contribution in [3.63, 3.8) is 0 Å². The minimum atomic E-state index is -1.28. The molecule has 0 heterocycles. The van der Waals surface area contributed by atoms with Gasteiger partial charge >= 0.3 is 0 Å². The first kappa shape index (κ1) is 31.3. The van der Waals surface area contributed by atoms with E-state index in [1.54, 1.807) is 14.2 Å². The van der Waals surface area contributed by atoms with Crippen molar-refractivity contribution in [3.8, 4) is 23.3 Å². The molecule has 0 spiro atoms. The van der Waals surface area contributed by atoms with E-state index in [4.69, 9.17) is 13.9 Å². The van der Waals surface area contributed by atoms with E-state index in [2.05, 4.69) is 52.5 Å². The molecule has 1 aliphatic rings. The summed E-state index contributed by atoms with van der Waals surface area (Å²) < 4.78 is 16.8. The highest BCUT2D eigenvalue weighted by atomic mass is 28.2. The summed E-state index contributed by atoms with van der Waals surface area (Å²) in [6.07, 6.45) is 8.59. The molecule has 1 N–H and O–H groups in total. The average molecular weight is 549 g/mol. The fraction of sp³-hybridized carbons (Fsp3) is 0.588. The second-order valence-electron chi connectivity index (χ2n) is 12.5. The van der Waals surface area contributed by atoms with E-state index >= 15 is 0 Å². The summed E-state index contributed by atoms with van der Waals surface area (Å²) in [5.74, 6) is 8.40. The Morgan fingerprint density at radius 3 is 2.33 bits per heavy atom. The number of hydrogen-bond acceptors (Lipinski definition) is 4. The van der Waals surface area contributed by atoms with E-state index in [-0.39, 0.29) is 16.4 Å². The van der Waals surface area contributed by atoms with Crippen molar-refractivity contribution in [2.75, 3.05) is 20.8 Å². The van der Waals surface area contributed by atoms with Gasteiger partial charge in [-0.15, -0.1) is 0 Å². The Labute approximate surface area is 239 Å². The topological polar surface area (TPSA) is 47.9 Å². The van der Waals surface area contributed by atoms with Crippen LogP contribution in [0, 0.1) is 17.3 Å². The van der Waals surface area contributed by atoms with Crippen molar-refractivity contribution in [1.29, 1.82) is 0 Å². The van der Waals surface area contributed by atoms with Crippen LogP contribution in [-0.4, -0.2) is 35.7 Å². The van der Waals surface area contributed by atoms with E-state index in [1.807, 2.05) is 36.4 Å². The molecule has 0 fully saturated rings. The Morgan fingerprint density at radius 2 is 1.62 bits per heavy atom. The van der Waals surface area contributed by atoms with E-state index in [0.717, 1.165) is 66.9 Å². The van der Waals surface area contributed by atoms with E-state index in [1.165, 1.54) is 19.3 Å². The largest absolute Gasteiger partial charge is 0.497 e. The molecule has 0 saturated carbocycles. The number of rotatable bonds is 12. The van der Waals surface area contributed by atoms with Crippen LogP contribution < -0.4 is 9.47 Å². The maximum atomic E-state index is 12.3. The highest BCUT2D eigenvalue weighted by Crippen LogP contribution is 2.47. The van der Waals surface area contributed by atoms with Crippen LogP contribution in [0.3, 0.4) is 0 Å². The first-order valence-electron chi connectivity index (χ1n) is 14.4. The lowest BCUT2D eigenvalue weighted by atomic mass is 9.68. The van der Waals surface area contributed by atoms with Crippen molar-refractivity contribution in [1.82, 2.24) is 0 Å². The predicted molar refractivity (Wildman–Crippen MR) is 162 cm³/mol. The number of aryl methyl sites for hydroxylation is 1. The van der Waals surface area contributed by atoms with Crippen LogP contribution in [0.15, 0.2) is 42.5 Å². The summed E-state index contributed by atoms with van der Waals surface area (Å²) in [7, 11) is 3.93. The van der Waals surface area contributed by atoms with Gasteiger partial charge in [0, 0.05) is 17.9 Å². The van der Waals surface area contributed by atoms with Crippen LogP contribution in [0.1, 0.15) is 102 Å². The van der Waals surface area contributed by atoms with Gasteiger partial charge in [-0.2, -0.15) is 0 Å². The number of ether oxygens (including phenoxy) is 2. The van der Waals surface area contributed by atoms with Crippen molar-refractivity contribution in [3.05, 3.63) is 59.2 Å². The zero-order chi connectivity index (χ0) is 28.5. The molecule has 2 aromatic carbocycles. The van der Waals surface area contributed by atoms with Crippen LogP contribution >= 0.6 is 0 Å². The number of benzene rings is 2. The first-order valence-corrected chi connectivity index (χ1v) is 15.4. The molecule has 2 atom stereocenters. The first-order chi connectivity index (χ1) is 18.5. The summed E-state index contributed by atoms with van der Waals surface area (Å²) in [5.41, 5.74) is 1.58. The third kappa shape index (κ3) is 9.13. The fourth-order valence-electron chi connectivity index (χ4n) is 5.26. The van der Waals surface area contributed by atoms with Crippen LogP contribution in [0.25, 0.3) is 0 Å². The maximum absolute atomic E-state index is 12.3. The van der Waals surface area contributed by atoms with Gasteiger partial charge in [-0.3, -0.25) is 0 Å². The van der Waals surface area contributed by atoms with Gasteiger partial charge in [-0.1, -0.05) is 76.5 Å². The number of hydrogen-bond donors (Lipinski definition) is 1. The van der Waals surface area contributed by atoms with Crippen molar-refractivity contribution < 1.29 is 19.0 Å². The molecule has 2 aromatic rings. The molecule has 5 heteroatoms. The summed E-state index contributed by atoms with van der Waals surface area (Å²) in [5, 5.41) is 12.6. The third-order valence-electron chi connectivity index (χ3n) is 7.44. The lowest BCUT2D eigenvalue weighted by Crippen LogP contribution is -2.37. The van der Waals surface area contributed by atoms with E-state index in [9.17, 15) is 5.11 Å². The number of methoxy groups -OCH3 is 2. The Balaban J connectivity index is 1.68. The molecule has 0 aliphatic heterocycles. The van der Waals surface area contributed by atoms with Gasteiger partial charge in [0.15, 0.2) is 5.60 Å². The molecule has 1 aliphatic carbocycles. The monoisotopic (exact) mass is 548 g/mol. The van der Waals surface area contributed by atoms with Crippen LogP contribution in [0.2, 0.25) is 5.04 Å². The Kier molecular flexibility index (Phi) is 11.1. The second-order valence-corrected chi connectivity index (χ2v) is 14.5. The maximum Gasteiger partial charge on any atom is 0.235 e. The summed E-state index contributed by atoms with van der Waals surface area (Å²) in [6, 6.07) is 14.0. The SMILES string of the molecule is COc1cccc(C2CCc3cc(OC)ccc3C2(O)C#CC(C)(C)CCCCCCCO[Si]C(C)(C)C)c1. The number of aliphatic hydroxyl groups is 1. The van der Waals surface area contributed by atoms with Gasteiger partial charge in [0.2, 0.25) is 9.76 Å². The molecule has 0 saturated heterocycles. The molecule has 0 aromatic heterocycles. The summed E-state index contributed by atoms with van der Waals surface area (Å²) in [4.78, 5) is 0. The average Bonchev–Trinajstić information content (AvgIpc) is 2.90. The molecular weight excluding hydrogens is 500 g/mol. The molecule has 39 heavy (non-hydrogen) atoms. The van der Waals surface area contributed by atoms with Crippen molar-refractivity contribution in [2.45, 2.75) is 103 Å². The zero-order valence-corrected chi connectivity index (χ0v) is 26.2. The van der Waals surface area contributed by atoms with Crippen LogP contribution in [0.5, 0.6) is 11.5 Å². The van der Waals surface area contributed by atoms with Gasteiger partial charge in [0.05, 0.1) is 14.2 Å². The standard InChI is InChI=1S/C34H48O4Si/c1-32(2,3)39-38-23-12-10-8-9-11-20-33(4,5)21-22-34(35)30(26-14-13-15-28(24-26)36-6)18-16-27-25-29(37-7)17-19-31(27)34/h13-15,17,19,24-25,30,35H,8-12,16,18,20,23H2,1-7H3. The molecule has 2 unspecified atom stereocenters. The van der Waals surface area contributed by atoms with E-state index < -0.39 is 5.60 Å². The highest BCUT2D eigenvalue weighted by molar-refractivity contribution is 6.31. The van der Waals surface area contributed by atoms with Crippen LogP contribution in [0.4, 0.5) is 0 Å². The molecule has 3 rings (SSSR count). The van der Waals surface area contributed by atoms with Gasteiger partial charge < -0.3 is 19.0 Å². The fourth-order valence-corrected chi connectivity index (χ4v) is 5.94. The lowest BCUT2D eigenvalue weighted by Gasteiger charge is -2.39. The van der Waals surface area contributed by atoms with Gasteiger partial charge in [-0.05, 0) is 85.5 Å². The van der Waals surface area contributed by atoms with Gasteiger partial charge in [-0.25, -0.2) is 0 Å². The molecule has 4 nitrogen and oxygen atoms in total. The molecule has 212 valence electrons. The van der Waals surface area contributed by atoms with E-state index in [0.29, 0.717) is 9.76 Å². The normalized spacial score (nSPS) is 19.1. The van der Waals surface area contributed by atoms with Gasteiger partial charge in [0.25, 0.3) is 0 Å². The van der Waals surface area contributed by atoms with Crippen LogP contribution in [-0.2, 0) is 16.4 Å². The summed E-state index contributed by atoms with van der Waals surface area (Å²) >= 11 is 0. The molecule has 0 amide bonds. The Bertz CT molecular complexity index is 1120. The minimum Gasteiger partial charge on any atom is -0.497 e. The quantitative estimate of drug-likeness (QED) is 0.167. The smallest absolute Gasteiger partial charge is 0.235 e. The Morgan fingerprint density at radius 1 is 0.923 bits per heavy atom. The highest BCUT2D eigenvalue weighted by Gasteiger charge is 2.43. The number of fused-ring (bicyclic) bond motifs is 1. The lowest BCUT2D eigenvalue weighted by molar-refractivity contribution is 0.0561. The minimum absolute atomic E-state index is 0.141. The number of unbranched alkanes of at least 4 members (excludes halogenated alkanes) is 4. The van der Waals surface area contributed by atoms with Crippen molar-refractivity contribution in [2.24, 2.45) is 5.41 Å².